The molecule has 4 aromatic rings. The van der Waals surface area contributed by atoms with E-state index in [9.17, 15) is 26.7 Å². The molecule has 4 heterocycles. The Morgan fingerprint density at radius 1 is 1.00 bits per heavy atom. The van der Waals surface area contributed by atoms with Crippen molar-refractivity contribution >= 4 is 11.7 Å². The number of nitrogens with zero attached hydrogens (tertiary/aromatic N) is 8. The summed E-state index contributed by atoms with van der Waals surface area (Å²) in [5.41, 5.74) is 0.927. The minimum atomic E-state index is -4.75. The van der Waals surface area contributed by atoms with E-state index in [0.717, 1.165) is 23.2 Å². The zero-order chi connectivity index (χ0) is 29.5. The number of carbonyl (C=O) groups excluding carboxylic acids is 1. The highest BCUT2D eigenvalue weighted by Crippen LogP contribution is 2.37. The number of piperidine rings is 1. The van der Waals surface area contributed by atoms with Gasteiger partial charge in [-0.3, -0.25) is 4.90 Å². The summed E-state index contributed by atoms with van der Waals surface area (Å²) in [7, 11) is 1.31. The minimum Gasteiger partial charge on any atom is -0.414 e. The molecule has 0 aliphatic carbocycles. The number of hydrogen-bond donors (Lipinski definition) is 0. The molecule has 0 N–H and O–H groups in total. The molecule has 0 spiro atoms. The molecule has 1 aliphatic heterocycles. The Bertz CT molecular complexity index is 1580. The number of alkyl halides is 3. The van der Waals surface area contributed by atoms with E-state index >= 15 is 0 Å². The van der Waals surface area contributed by atoms with E-state index in [0.29, 0.717) is 35.6 Å². The fourth-order valence-corrected chi connectivity index (χ4v) is 4.80. The molecular weight excluding hydrogens is 551 g/mol. The third-order valence-electron chi connectivity index (χ3n) is 6.71. The first-order valence-electron chi connectivity index (χ1n) is 12.5. The van der Waals surface area contributed by atoms with Gasteiger partial charge in [0.05, 0.1) is 17.0 Å². The zero-order valence-corrected chi connectivity index (χ0v) is 22.1. The van der Waals surface area contributed by atoms with Gasteiger partial charge in [-0.15, -0.1) is 10.2 Å². The highest BCUT2D eigenvalue weighted by atomic mass is 19.4. The van der Waals surface area contributed by atoms with Gasteiger partial charge in [-0.1, -0.05) is 6.07 Å². The molecule has 0 atom stereocenters. The van der Waals surface area contributed by atoms with Gasteiger partial charge in [0, 0.05) is 32.3 Å². The van der Waals surface area contributed by atoms with E-state index in [-0.39, 0.29) is 36.5 Å². The molecule has 1 fully saturated rings. The van der Waals surface area contributed by atoms with Crippen LogP contribution in [0, 0.1) is 25.5 Å². The van der Waals surface area contributed by atoms with Crippen LogP contribution in [-0.2, 0) is 6.18 Å². The Balaban J connectivity index is 1.38. The molecule has 15 heteroatoms. The van der Waals surface area contributed by atoms with Crippen molar-refractivity contribution in [2.45, 2.75) is 38.8 Å². The number of anilines is 1. The van der Waals surface area contributed by atoms with Crippen molar-refractivity contribution in [3.05, 3.63) is 65.1 Å². The first-order valence-corrected chi connectivity index (χ1v) is 12.5. The molecule has 1 saturated heterocycles. The Kier molecular flexibility index (Phi) is 7.36. The lowest BCUT2D eigenvalue weighted by Crippen LogP contribution is -2.45. The topological polar surface area (TPSA) is 114 Å². The largest absolute Gasteiger partial charge is 0.451 e. The Morgan fingerprint density at radius 2 is 1.66 bits per heavy atom. The highest BCUT2D eigenvalue weighted by molar-refractivity contribution is 5.91. The van der Waals surface area contributed by atoms with E-state index in [1.807, 2.05) is 0 Å². The maximum atomic E-state index is 14.2. The molecule has 1 aliphatic rings. The third-order valence-corrected chi connectivity index (χ3v) is 6.71. The number of carbonyl (C=O) groups is 1. The first kappa shape index (κ1) is 28.0. The van der Waals surface area contributed by atoms with Crippen LogP contribution in [0.15, 0.2) is 34.9 Å². The maximum Gasteiger partial charge on any atom is 0.451 e. The van der Waals surface area contributed by atoms with Crippen LogP contribution < -0.4 is 4.90 Å². The number of hydrogen-bond acceptors (Lipinski definition) is 8. The predicted octanol–water partition coefficient (Wildman–Crippen LogP) is 5.33. The predicted molar refractivity (Wildman–Crippen MR) is 135 cm³/mol. The van der Waals surface area contributed by atoms with Crippen LogP contribution in [0.5, 0.6) is 0 Å². The summed E-state index contributed by atoms with van der Waals surface area (Å²) in [5.74, 6) is -2.94. The van der Waals surface area contributed by atoms with Crippen molar-refractivity contribution in [2.75, 3.05) is 25.0 Å². The number of halogens is 5. The van der Waals surface area contributed by atoms with Crippen molar-refractivity contribution in [3.63, 3.8) is 0 Å². The van der Waals surface area contributed by atoms with Crippen LogP contribution in [0.3, 0.4) is 0 Å². The van der Waals surface area contributed by atoms with Gasteiger partial charge >= 0.3 is 12.2 Å². The van der Waals surface area contributed by atoms with E-state index in [4.69, 9.17) is 4.42 Å². The number of benzene rings is 1. The first-order chi connectivity index (χ1) is 19.4. The molecule has 0 bridgehead atoms. The molecule has 41 heavy (non-hydrogen) atoms. The summed E-state index contributed by atoms with van der Waals surface area (Å²) < 4.78 is 73.4. The average molecular weight is 575 g/mol. The highest BCUT2D eigenvalue weighted by Gasteiger charge is 2.35. The van der Waals surface area contributed by atoms with Crippen molar-refractivity contribution in [1.29, 1.82) is 0 Å². The molecule has 3 aromatic heterocycles. The van der Waals surface area contributed by atoms with Crippen molar-refractivity contribution in [1.82, 2.24) is 35.0 Å². The number of amides is 2. The molecule has 5 rings (SSSR count). The lowest BCUT2D eigenvalue weighted by molar-refractivity contribution is -0.144. The van der Waals surface area contributed by atoms with Crippen LogP contribution in [-0.4, -0.2) is 61.2 Å². The van der Waals surface area contributed by atoms with E-state index in [1.54, 1.807) is 13.8 Å². The second-order valence-electron chi connectivity index (χ2n) is 9.47. The fourth-order valence-electron chi connectivity index (χ4n) is 4.80. The Labute approximate surface area is 230 Å². The number of aromatic nitrogens is 6. The van der Waals surface area contributed by atoms with Crippen molar-refractivity contribution in [2.24, 2.45) is 0 Å². The standard InChI is InChI=1S/C26H23F5N8O2/c1-13-19(23-37-36-22(41-23)18-7-10-32-24(35-18)26(29,30)31)20(34-14(2)33-13)15-8-11-39(12-9-15)25(40)38(3)21-16(27)5-4-6-17(21)28/h4-7,10,15H,8-9,11-12H2,1-3H3. The Morgan fingerprint density at radius 3 is 2.32 bits per heavy atom. The summed E-state index contributed by atoms with van der Waals surface area (Å²) >= 11 is 0. The van der Waals surface area contributed by atoms with Crippen LogP contribution in [0.2, 0.25) is 0 Å². The summed E-state index contributed by atoms with van der Waals surface area (Å²) in [5, 5.41) is 7.92. The van der Waals surface area contributed by atoms with Crippen LogP contribution in [0.25, 0.3) is 23.0 Å². The molecule has 1 aromatic carbocycles. The van der Waals surface area contributed by atoms with Crippen LogP contribution in [0.4, 0.5) is 32.4 Å². The van der Waals surface area contributed by atoms with Gasteiger partial charge in [-0.2, -0.15) is 13.2 Å². The van der Waals surface area contributed by atoms with E-state index in [2.05, 4.69) is 30.1 Å². The number of urea groups is 1. The number of rotatable bonds is 4. The third kappa shape index (κ3) is 5.56. The lowest BCUT2D eigenvalue weighted by Gasteiger charge is -2.35. The van der Waals surface area contributed by atoms with E-state index in [1.165, 1.54) is 24.1 Å². The van der Waals surface area contributed by atoms with Gasteiger partial charge in [-0.05, 0) is 44.9 Å². The summed E-state index contributed by atoms with van der Waals surface area (Å²) in [6.45, 7) is 4.00. The second-order valence-corrected chi connectivity index (χ2v) is 9.47. The molecule has 0 saturated carbocycles. The second kappa shape index (κ2) is 10.8. The zero-order valence-electron chi connectivity index (χ0n) is 22.1. The molecular formula is C26H23F5N8O2. The van der Waals surface area contributed by atoms with Crippen LogP contribution in [0.1, 0.15) is 41.8 Å². The van der Waals surface area contributed by atoms with Gasteiger partial charge in [0.1, 0.15) is 28.8 Å². The molecule has 2 amide bonds. The average Bonchev–Trinajstić information content (AvgIpc) is 3.41. The SMILES string of the molecule is Cc1nc(C)c(-c2nnc(-c3ccnc(C(F)(F)F)n3)o2)c(C2CCN(C(=O)N(C)c3c(F)cccc3F)CC2)n1. The van der Waals surface area contributed by atoms with Gasteiger partial charge in [0.2, 0.25) is 5.82 Å². The quantitative estimate of drug-likeness (QED) is 0.301. The summed E-state index contributed by atoms with van der Waals surface area (Å²) in [4.78, 5) is 31.2. The summed E-state index contributed by atoms with van der Waals surface area (Å²) in [6.07, 6.45) is -2.87. The number of likely N-dealkylation sites (tertiary alicyclic amines) is 1. The number of aryl methyl sites for hydroxylation is 2. The number of para-hydroxylation sites is 1. The normalized spacial score (nSPS) is 14.4. The van der Waals surface area contributed by atoms with E-state index < -0.39 is 35.4 Å². The lowest BCUT2D eigenvalue weighted by atomic mass is 9.90. The van der Waals surface area contributed by atoms with Crippen LogP contribution >= 0.6 is 0 Å². The van der Waals surface area contributed by atoms with Gasteiger partial charge < -0.3 is 9.32 Å². The van der Waals surface area contributed by atoms with Crippen molar-refractivity contribution < 1.29 is 31.2 Å². The minimum absolute atomic E-state index is 0.00735. The van der Waals surface area contributed by atoms with Gasteiger partial charge in [0.25, 0.3) is 11.8 Å². The maximum absolute atomic E-state index is 14.2. The van der Waals surface area contributed by atoms with Gasteiger partial charge in [-0.25, -0.2) is 33.5 Å². The molecule has 10 nitrogen and oxygen atoms in total. The molecule has 0 unspecified atom stereocenters. The molecule has 214 valence electrons. The molecule has 0 radical (unpaired) electrons. The van der Waals surface area contributed by atoms with Gasteiger partial charge in [0.15, 0.2) is 0 Å². The van der Waals surface area contributed by atoms with Crippen molar-refractivity contribution in [3.8, 4) is 23.0 Å². The monoisotopic (exact) mass is 574 g/mol. The smallest absolute Gasteiger partial charge is 0.414 e. The fraction of sp³-hybridized carbons (Fsp3) is 0.346. The summed E-state index contributed by atoms with van der Waals surface area (Å²) in [6, 6.07) is 4.06. The Hall–Kier alpha value is -4.56.